The topological polar surface area (TPSA) is 141 Å². The third-order valence-corrected chi connectivity index (χ3v) is 4.05. The smallest absolute Gasteiger partial charge is 0.286 e. The summed E-state index contributed by atoms with van der Waals surface area (Å²) in [5.74, 6) is -1.63. The van der Waals surface area contributed by atoms with E-state index in [1.165, 1.54) is 5.01 Å². The van der Waals surface area contributed by atoms with Crippen molar-refractivity contribution in [3.63, 3.8) is 0 Å². The molecule has 0 aliphatic carbocycles. The van der Waals surface area contributed by atoms with E-state index in [9.17, 15) is 24.5 Å². The molecule has 10 heteroatoms. The second-order valence-corrected chi connectivity index (χ2v) is 5.85. The highest BCUT2D eigenvalue weighted by Crippen LogP contribution is 2.15. The first kappa shape index (κ1) is 18.0. The summed E-state index contributed by atoms with van der Waals surface area (Å²) in [4.78, 5) is 46.3. The molecule has 0 fully saturated rings. The molecule has 3 rings (SSSR count). The van der Waals surface area contributed by atoms with Gasteiger partial charge in [-0.1, -0.05) is 30.3 Å². The molecule has 10 nitrogen and oxygen atoms in total. The third-order valence-electron chi connectivity index (χ3n) is 4.05. The van der Waals surface area contributed by atoms with E-state index in [0.29, 0.717) is 13.0 Å². The van der Waals surface area contributed by atoms with E-state index in [1.807, 2.05) is 30.3 Å². The largest absolute Gasteiger partial charge is 0.365 e. The summed E-state index contributed by atoms with van der Waals surface area (Å²) in [6.07, 6.45) is 1.46. The van der Waals surface area contributed by atoms with Gasteiger partial charge in [-0.25, -0.2) is 5.01 Å². The number of carbonyl (C=O) groups excluding carboxylic acids is 2. The van der Waals surface area contributed by atoms with Crippen molar-refractivity contribution >= 4 is 23.2 Å². The van der Waals surface area contributed by atoms with Gasteiger partial charge in [-0.2, -0.15) is 5.10 Å². The lowest BCUT2D eigenvalue weighted by molar-refractivity contribution is -0.385. The second kappa shape index (κ2) is 7.20. The summed E-state index contributed by atoms with van der Waals surface area (Å²) in [5, 5.41) is 16.5. The van der Waals surface area contributed by atoms with Gasteiger partial charge in [0.05, 0.1) is 23.4 Å². The molecule has 1 aromatic carbocycles. The zero-order valence-electron chi connectivity index (χ0n) is 14.1. The Labute approximate surface area is 152 Å². The van der Waals surface area contributed by atoms with Crippen molar-refractivity contribution in [2.24, 2.45) is 10.8 Å². The molecule has 1 aliphatic rings. The van der Waals surface area contributed by atoms with Crippen LogP contribution in [0, 0.1) is 10.1 Å². The molecule has 2 heterocycles. The van der Waals surface area contributed by atoms with Gasteiger partial charge in [-0.05, 0) is 5.56 Å². The standard InChI is InChI=1S/C17H15N5O5/c18-16(24)13-8-12(22(26)27)9-20(17(13)25)10-15(23)21-7-6-14(19-21)11-4-2-1-3-5-11/h1-5,8-9H,6-7,10H2,(H2,18,24). The van der Waals surface area contributed by atoms with Crippen LogP contribution in [0.4, 0.5) is 5.69 Å². The van der Waals surface area contributed by atoms with Crippen molar-refractivity contribution in [3.05, 3.63) is 74.2 Å². The van der Waals surface area contributed by atoms with Gasteiger partial charge in [-0.15, -0.1) is 0 Å². The van der Waals surface area contributed by atoms with Crippen LogP contribution in [0.25, 0.3) is 0 Å². The highest BCUT2D eigenvalue weighted by atomic mass is 16.6. The molecular weight excluding hydrogens is 354 g/mol. The number of hydrogen-bond donors (Lipinski definition) is 1. The molecule has 0 spiro atoms. The van der Waals surface area contributed by atoms with Crippen LogP contribution in [0.3, 0.4) is 0 Å². The van der Waals surface area contributed by atoms with Crippen LogP contribution in [0.15, 0.2) is 52.5 Å². The molecule has 1 aliphatic heterocycles. The van der Waals surface area contributed by atoms with Crippen LogP contribution in [0.2, 0.25) is 0 Å². The monoisotopic (exact) mass is 369 g/mol. The van der Waals surface area contributed by atoms with Gasteiger partial charge in [0.25, 0.3) is 23.1 Å². The first-order valence-corrected chi connectivity index (χ1v) is 7.99. The summed E-state index contributed by atoms with van der Waals surface area (Å²) < 4.78 is 0.802. The molecule has 2 aromatic rings. The quantitative estimate of drug-likeness (QED) is 0.603. The number of hydrogen-bond acceptors (Lipinski definition) is 6. The number of benzene rings is 1. The van der Waals surface area contributed by atoms with E-state index in [0.717, 1.165) is 28.1 Å². The number of carbonyl (C=O) groups is 2. The van der Waals surface area contributed by atoms with Crippen LogP contribution in [0.1, 0.15) is 22.3 Å². The number of amides is 2. The van der Waals surface area contributed by atoms with Crippen LogP contribution < -0.4 is 11.3 Å². The van der Waals surface area contributed by atoms with Crippen molar-refractivity contribution in [1.29, 1.82) is 0 Å². The normalized spacial score (nSPS) is 13.3. The second-order valence-electron chi connectivity index (χ2n) is 5.85. The predicted octanol–water partition coefficient (Wildman–Crippen LogP) is 0.492. The van der Waals surface area contributed by atoms with Gasteiger partial charge in [0.1, 0.15) is 12.1 Å². The van der Waals surface area contributed by atoms with E-state index in [4.69, 9.17) is 5.73 Å². The van der Waals surface area contributed by atoms with Crippen molar-refractivity contribution < 1.29 is 14.5 Å². The van der Waals surface area contributed by atoms with Crippen LogP contribution >= 0.6 is 0 Å². The number of primary amides is 1. The number of aromatic nitrogens is 1. The average molecular weight is 369 g/mol. The lowest BCUT2D eigenvalue weighted by atomic mass is 10.1. The van der Waals surface area contributed by atoms with E-state index in [-0.39, 0.29) is 0 Å². The fourth-order valence-corrected chi connectivity index (χ4v) is 2.71. The summed E-state index contributed by atoms with van der Waals surface area (Å²) >= 11 is 0. The third kappa shape index (κ3) is 3.73. The van der Waals surface area contributed by atoms with Crippen LogP contribution in [0.5, 0.6) is 0 Å². The Balaban J connectivity index is 1.86. The number of pyridine rings is 1. The van der Waals surface area contributed by atoms with Gasteiger partial charge in [0, 0.05) is 12.5 Å². The maximum absolute atomic E-state index is 12.5. The molecular formula is C17H15N5O5. The van der Waals surface area contributed by atoms with E-state index < -0.39 is 40.1 Å². The maximum Gasteiger partial charge on any atom is 0.286 e. The molecule has 1 aromatic heterocycles. The highest BCUT2D eigenvalue weighted by molar-refractivity contribution is 6.02. The predicted molar refractivity (Wildman–Crippen MR) is 95.2 cm³/mol. The Morgan fingerprint density at radius 3 is 2.59 bits per heavy atom. The van der Waals surface area contributed by atoms with Crippen molar-refractivity contribution in [3.8, 4) is 0 Å². The average Bonchev–Trinajstić information content (AvgIpc) is 3.14. The molecule has 2 amide bonds. The van der Waals surface area contributed by atoms with E-state index in [1.54, 1.807) is 0 Å². The molecule has 0 bridgehead atoms. The van der Waals surface area contributed by atoms with E-state index >= 15 is 0 Å². The van der Waals surface area contributed by atoms with Crippen molar-refractivity contribution in [2.45, 2.75) is 13.0 Å². The van der Waals surface area contributed by atoms with Gasteiger partial charge >= 0.3 is 0 Å². The number of nitrogens with two attached hydrogens (primary N) is 1. The van der Waals surface area contributed by atoms with Crippen LogP contribution in [-0.4, -0.2) is 38.6 Å². The Kier molecular flexibility index (Phi) is 4.79. The molecule has 0 saturated heterocycles. The highest BCUT2D eigenvalue weighted by Gasteiger charge is 2.24. The lowest BCUT2D eigenvalue weighted by Gasteiger charge is -2.13. The molecule has 0 saturated carbocycles. The van der Waals surface area contributed by atoms with Gasteiger partial charge in [-0.3, -0.25) is 29.1 Å². The summed E-state index contributed by atoms with van der Waals surface area (Å²) in [6.45, 7) is -0.165. The fourth-order valence-electron chi connectivity index (χ4n) is 2.71. The molecule has 2 N–H and O–H groups in total. The molecule has 0 unspecified atom stereocenters. The zero-order chi connectivity index (χ0) is 19.6. The van der Waals surface area contributed by atoms with Gasteiger partial charge < -0.3 is 5.73 Å². The number of hydrazone groups is 1. The number of nitro groups is 1. The first-order valence-electron chi connectivity index (χ1n) is 7.99. The minimum atomic E-state index is -1.10. The molecule has 0 atom stereocenters. The minimum Gasteiger partial charge on any atom is -0.365 e. The fraction of sp³-hybridized carbons (Fsp3) is 0.176. The van der Waals surface area contributed by atoms with Gasteiger partial charge in [0.15, 0.2) is 0 Å². The maximum atomic E-state index is 12.5. The van der Waals surface area contributed by atoms with Crippen molar-refractivity contribution in [1.82, 2.24) is 9.58 Å². The molecule has 0 radical (unpaired) electrons. The van der Waals surface area contributed by atoms with Crippen LogP contribution in [-0.2, 0) is 11.3 Å². The summed E-state index contributed by atoms with van der Waals surface area (Å²) in [7, 11) is 0. The Hall–Kier alpha value is -3.82. The summed E-state index contributed by atoms with van der Waals surface area (Å²) in [5.41, 5.74) is 4.79. The Morgan fingerprint density at radius 2 is 1.96 bits per heavy atom. The lowest BCUT2D eigenvalue weighted by Crippen LogP contribution is -2.35. The van der Waals surface area contributed by atoms with E-state index in [2.05, 4.69) is 5.10 Å². The Bertz CT molecular complexity index is 1010. The van der Waals surface area contributed by atoms with Crippen molar-refractivity contribution in [2.75, 3.05) is 6.54 Å². The van der Waals surface area contributed by atoms with Gasteiger partial charge in [0.2, 0.25) is 0 Å². The molecule has 27 heavy (non-hydrogen) atoms. The molecule has 138 valence electrons. The minimum absolute atomic E-state index is 0.329. The first-order chi connectivity index (χ1) is 12.9. The Morgan fingerprint density at radius 1 is 1.26 bits per heavy atom. The number of rotatable bonds is 5. The number of nitrogens with zero attached hydrogens (tertiary/aromatic N) is 4. The summed E-state index contributed by atoms with van der Waals surface area (Å²) in [6, 6.07) is 10.1. The zero-order valence-corrected chi connectivity index (χ0v) is 14.1. The SMILES string of the molecule is NC(=O)c1cc([N+](=O)[O-])cn(CC(=O)N2CCC(c3ccccc3)=N2)c1=O.